The van der Waals surface area contributed by atoms with Crippen LogP contribution in [0.15, 0.2) is 24.3 Å². The van der Waals surface area contributed by atoms with Crippen molar-refractivity contribution in [3.63, 3.8) is 0 Å². The molecule has 0 aliphatic carbocycles. The van der Waals surface area contributed by atoms with Crippen LogP contribution in [0, 0.1) is 17.8 Å². The van der Waals surface area contributed by atoms with Gasteiger partial charge in [0.25, 0.3) is 0 Å². The molecule has 0 aromatic heterocycles. The first-order chi connectivity index (χ1) is 9.29. The summed E-state index contributed by atoms with van der Waals surface area (Å²) in [4.78, 5) is 12.0. The topological polar surface area (TPSA) is 58.6 Å². The maximum Gasteiger partial charge on any atom is 0.227 e. The third kappa shape index (κ3) is 4.09. The summed E-state index contributed by atoms with van der Waals surface area (Å²) >= 11 is 0. The van der Waals surface area contributed by atoms with Crippen molar-refractivity contribution in [2.75, 3.05) is 25.1 Å². The third-order valence-corrected chi connectivity index (χ3v) is 3.06. The van der Waals surface area contributed by atoms with Crippen molar-refractivity contribution in [3.05, 3.63) is 29.8 Å². The Labute approximate surface area is 112 Å². The second kappa shape index (κ2) is 6.93. The molecule has 0 radical (unpaired) electrons. The van der Waals surface area contributed by atoms with Gasteiger partial charge in [-0.15, -0.1) is 0 Å². The number of ether oxygens (including phenoxy) is 1. The molecule has 1 aromatic carbocycles. The average Bonchev–Trinajstić information content (AvgIpc) is 2.47. The van der Waals surface area contributed by atoms with Crippen LogP contribution >= 0.6 is 0 Å². The molecule has 2 rings (SSSR count). The fourth-order valence-electron chi connectivity index (χ4n) is 1.98. The van der Waals surface area contributed by atoms with E-state index in [0.717, 1.165) is 24.1 Å². The highest BCUT2D eigenvalue weighted by Crippen LogP contribution is 2.17. The third-order valence-electron chi connectivity index (χ3n) is 3.06. The average molecular weight is 259 g/mol. The molecule has 1 amide bonds. The second-order valence-electron chi connectivity index (χ2n) is 4.41. The van der Waals surface area contributed by atoms with E-state index < -0.39 is 0 Å². The maximum absolute atomic E-state index is 12.0. The Morgan fingerprint density at radius 1 is 1.32 bits per heavy atom. The second-order valence-corrected chi connectivity index (χ2v) is 4.41. The highest BCUT2D eigenvalue weighted by molar-refractivity contribution is 5.92. The van der Waals surface area contributed by atoms with Crippen molar-refractivity contribution in [3.8, 4) is 11.8 Å². The number of hydrogen-bond donors (Lipinski definition) is 2. The van der Waals surface area contributed by atoms with Crippen molar-refractivity contribution < 1.29 is 14.6 Å². The Morgan fingerprint density at radius 2 is 2.00 bits per heavy atom. The molecule has 1 heterocycles. The van der Waals surface area contributed by atoms with E-state index in [0.29, 0.717) is 13.2 Å². The summed E-state index contributed by atoms with van der Waals surface area (Å²) in [5, 5.41) is 11.5. The number of aliphatic hydroxyl groups is 1. The van der Waals surface area contributed by atoms with Crippen LogP contribution in [0.25, 0.3) is 0 Å². The monoisotopic (exact) mass is 259 g/mol. The lowest BCUT2D eigenvalue weighted by molar-refractivity contribution is -0.122. The van der Waals surface area contributed by atoms with E-state index in [4.69, 9.17) is 9.84 Å². The zero-order valence-corrected chi connectivity index (χ0v) is 10.7. The Kier molecular flexibility index (Phi) is 4.96. The molecule has 0 saturated carbocycles. The van der Waals surface area contributed by atoms with Gasteiger partial charge < -0.3 is 15.2 Å². The normalized spacial score (nSPS) is 15.4. The number of aliphatic hydroxyl groups excluding tert-OH is 1. The largest absolute Gasteiger partial charge is 0.384 e. The number of carbonyl (C=O) groups is 1. The molecule has 4 heteroatoms. The smallest absolute Gasteiger partial charge is 0.227 e. The highest BCUT2D eigenvalue weighted by Gasteiger charge is 2.21. The van der Waals surface area contributed by atoms with E-state index >= 15 is 0 Å². The predicted octanol–water partition coefficient (Wildman–Crippen LogP) is 1.40. The molecule has 1 aliphatic heterocycles. The summed E-state index contributed by atoms with van der Waals surface area (Å²) < 4.78 is 5.24. The van der Waals surface area contributed by atoms with Crippen molar-refractivity contribution in [1.82, 2.24) is 0 Å². The summed E-state index contributed by atoms with van der Waals surface area (Å²) in [5.41, 5.74) is 1.59. The van der Waals surface area contributed by atoms with Crippen LogP contribution in [0.1, 0.15) is 18.4 Å². The van der Waals surface area contributed by atoms with Crippen molar-refractivity contribution >= 4 is 11.6 Å². The molecule has 2 N–H and O–H groups in total. The van der Waals surface area contributed by atoms with Crippen LogP contribution in [0.3, 0.4) is 0 Å². The van der Waals surface area contributed by atoms with Crippen LogP contribution in [0.4, 0.5) is 5.69 Å². The maximum atomic E-state index is 12.0. The van der Waals surface area contributed by atoms with Crippen molar-refractivity contribution in [2.45, 2.75) is 12.8 Å². The number of nitrogens with one attached hydrogen (secondary N) is 1. The van der Waals surface area contributed by atoms with Gasteiger partial charge in [-0.25, -0.2) is 0 Å². The molecular weight excluding hydrogens is 242 g/mol. The first-order valence-electron chi connectivity index (χ1n) is 6.38. The molecule has 1 saturated heterocycles. The quantitative estimate of drug-likeness (QED) is 0.789. The molecule has 0 atom stereocenters. The summed E-state index contributed by atoms with van der Waals surface area (Å²) in [6, 6.07) is 7.28. The Hall–Kier alpha value is -1.83. The van der Waals surface area contributed by atoms with Gasteiger partial charge in [-0.2, -0.15) is 0 Å². The molecule has 0 bridgehead atoms. The number of carbonyl (C=O) groups excluding carboxylic acids is 1. The molecule has 1 aromatic rings. The van der Waals surface area contributed by atoms with Gasteiger partial charge in [-0.3, -0.25) is 4.79 Å². The molecule has 0 unspecified atom stereocenters. The van der Waals surface area contributed by atoms with Crippen LogP contribution in [-0.2, 0) is 9.53 Å². The predicted molar refractivity (Wildman–Crippen MR) is 72.6 cm³/mol. The molecule has 1 fully saturated rings. The van der Waals surface area contributed by atoms with E-state index in [-0.39, 0.29) is 18.4 Å². The fourth-order valence-corrected chi connectivity index (χ4v) is 1.98. The number of hydrogen-bond acceptors (Lipinski definition) is 3. The molecule has 19 heavy (non-hydrogen) atoms. The molecule has 0 spiro atoms. The fraction of sp³-hybridized carbons (Fsp3) is 0.400. The van der Waals surface area contributed by atoms with Crippen LogP contribution < -0.4 is 5.32 Å². The molecule has 4 nitrogen and oxygen atoms in total. The van der Waals surface area contributed by atoms with E-state index in [1.165, 1.54) is 0 Å². The lowest BCUT2D eigenvalue weighted by Gasteiger charge is -2.21. The lowest BCUT2D eigenvalue weighted by atomic mass is 9.99. The van der Waals surface area contributed by atoms with Gasteiger partial charge in [-0.1, -0.05) is 11.8 Å². The number of anilines is 1. The van der Waals surface area contributed by atoms with Gasteiger partial charge >= 0.3 is 0 Å². The Morgan fingerprint density at radius 3 is 2.63 bits per heavy atom. The van der Waals surface area contributed by atoms with E-state index in [2.05, 4.69) is 17.2 Å². The van der Waals surface area contributed by atoms with Gasteiger partial charge in [0.2, 0.25) is 5.91 Å². The first kappa shape index (κ1) is 13.6. The van der Waals surface area contributed by atoms with Gasteiger partial charge in [0.1, 0.15) is 6.61 Å². The van der Waals surface area contributed by atoms with E-state index in [9.17, 15) is 4.79 Å². The molecular formula is C15H17NO3. The minimum absolute atomic E-state index is 0.0441. The summed E-state index contributed by atoms with van der Waals surface area (Å²) in [5.74, 6) is 5.49. The van der Waals surface area contributed by atoms with Crippen LogP contribution in [-0.4, -0.2) is 30.8 Å². The Balaban J connectivity index is 1.93. The minimum Gasteiger partial charge on any atom is -0.384 e. The standard InChI is InChI=1S/C15H17NO3/c17-9-1-2-12-3-5-14(6-4-12)16-15(18)13-7-10-19-11-8-13/h3-6,13,17H,7-11H2,(H,16,18). The zero-order chi connectivity index (χ0) is 13.5. The van der Waals surface area contributed by atoms with Crippen molar-refractivity contribution in [1.29, 1.82) is 0 Å². The summed E-state index contributed by atoms with van der Waals surface area (Å²) in [6.07, 6.45) is 1.57. The number of amides is 1. The van der Waals surface area contributed by atoms with Gasteiger partial charge in [-0.05, 0) is 37.1 Å². The van der Waals surface area contributed by atoms with Crippen LogP contribution in [0.2, 0.25) is 0 Å². The van der Waals surface area contributed by atoms with Gasteiger partial charge in [0.15, 0.2) is 0 Å². The lowest BCUT2D eigenvalue weighted by Crippen LogP contribution is -2.28. The molecule has 100 valence electrons. The number of benzene rings is 1. The minimum atomic E-state index is -0.151. The van der Waals surface area contributed by atoms with Crippen LogP contribution in [0.5, 0.6) is 0 Å². The summed E-state index contributed by atoms with van der Waals surface area (Å²) in [6.45, 7) is 1.17. The molecule has 1 aliphatic rings. The van der Waals surface area contributed by atoms with E-state index in [1.54, 1.807) is 0 Å². The zero-order valence-electron chi connectivity index (χ0n) is 10.7. The van der Waals surface area contributed by atoms with E-state index in [1.807, 2.05) is 24.3 Å². The SMILES string of the molecule is O=C(Nc1ccc(C#CCO)cc1)C1CCOCC1. The Bertz CT molecular complexity index is 478. The number of rotatable bonds is 2. The first-order valence-corrected chi connectivity index (χ1v) is 6.38. The highest BCUT2D eigenvalue weighted by atomic mass is 16.5. The van der Waals surface area contributed by atoms with Gasteiger partial charge in [0.05, 0.1) is 0 Å². The van der Waals surface area contributed by atoms with Crippen molar-refractivity contribution in [2.24, 2.45) is 5.92 Å². The summed E-state index contributed by atoms with van der Waals surface area (Å²) in [7, 11) is 0. The van der Waals surface area contributed by atoms with Gasteiger partial charge in [0, 0.05) is 30.4 Å².